The summed E-state index contributed by atoms with van der Waals surface area (Å²) in [6.07, 6.45) is 1.81. The first-order valence-electron chi connectivity index (χ1n) is 9.93. The smallest absolute Gasteiger partial charge is 0.543 e. The van der Waals surface area contributed by atoms with E-state index >= 15 is 0 Å². The molecule has 5 rings (SSSR count). The van der Waals surface area contributed by atoms with Crippen LogP contribution < -0.4 is 45.7 Å². The number of nitrogen functional groups attached to an aromatic ring is 1. The molecule has 34 heavy (non-hydrogen) atoms. The maximum Gasteiger partial charge on any atom is 1.00 e. The number of hydrogen-bond donors (Lipinski definition) is 3. The maximum atomic E-state index is 12.8. The van der Waals surface area contributed by atoms with E-state index in [9.17, 15) is 19.5 Å². The summed E-state index contributed by atoms with van der Waals surface area (Å²) in [6, 6.07) is 10.1. The fourth-order valence-electron chi connectivity index (χ4n) is 3.76. The largest absolute Gasteiger partial charge is 1.00 e. The number of H-pyrrole nitrogens is 1. The molecule has 1 saturated heterocycles. The Morgan fingerprint density at radius 1 is 1.26 bits per heavy atom. The molecule has 2 aliphatic heterocycles. The predicted molar refractivity (Wildman–Crippen MR) is 121 cm³/mol. The van der Waals surface area contributed by atoms with Crippen LogP contribution in [0.1, 0.15) is 5.56 Å². The number of nitrogens with zero attached hydrogens (tertiary/aromatic N) is 3. The number of nitrogens with one attached hydrogen (secondary N) is 2. The van der Waals surface area contributed by atoms with Crippen LogP contribution in [-0.4, -0.2) is 54.8 Å². The van der Waals surface area contributed by atoms with Gasteiger partial charge in [-0.1, -0.05) is 42.1 Å². The SMILES string of the molecule is Nc1nc(SC2=C(C(=O)[O-])N3C(=O)C(NC(=O)Cc4ccccc4)[C@H]3SC2)nc2[nH]ccc12.[Na+]. The molecule has 0 spiro atoms. The zero-order valence-corrected chi connectivity index (χ0v) is 21.6. The van der Waals surface area contributed by atoms with E-state index in [1.54, 1.807) is 12.3 Å². The molecule has 0 bridgehead atoms. The van der Waals surface area contributed by atoms with Gasteiger partial charge in [0.05, 0.1) is 23.5 Å². The molecule has 2 aromatic heterocycles. The molecule has 0 radical (unpaired) electrons. The first-order valence-corrected chi connectivity index (χ1v) is 11.8. The molecule has 0 aliphatic carbocycles. The van der Waals surface area contributed by atoms with Crippen molar-refractivity contribution in [3.63, 3.8) is 0 Å². The Kier molecular flexibility index (Phi) is 7.24. The van der Waals surface area contributed by atoms with E-state index in [-0.39, 0.29) is 58.6 Å². The number of carbonyl (C=O) groups excluding carboxylic acids is 3. The fourth-order valence-corrected chi connectivity index (χ4v) is 6.18. The molecule has 2 atom stereocenters. The van der Waals surface area contributed by atoms with Crippen molar-refractivity contribution in [2.24, 2.45) is 0 Å². The monoisotopic (exact) mass is 504 g/mol. The summed E-state index contributed by atoms with van der Waals surface area (Å²) in [6.45, 7) is 0. The third kappa shape index (κ3) is 4.56. The van der Waals surface area contributed by atoms with E-state index in [0.29, 0.717) is 21.7 Å². The van der Waals surface area contributed by atoms with E-state index in [1.165, 1.54) is 11.8 Å². The number of thioether (sulfide) groups is 2. The van der Waals surface area contributed by atoms with Crippen molar-refractivity contribution >= 4 is 58.2 Å². The number of nitrogens with two attached hydrogens (primary N) is 1. The van der Waals surface area contributed by atoms with Gasteiger partial charge in [-0.25, -0.2) is 9.97 Å². The summed E-state index contributed by atoms with van der Waals surface area (Å²) in [7, 11) is 0. The minimum atomic E-state index is -1.47. The molecule has 2 aliphatic rings. The van der Waals surface area contributed by atoms with Gasteiger partial charge in [0.1, 0.15) is 22.9 Å². The van der Waals surface area contributed by atoms with Crippen LogP contribution in [-0.2, 0) is 20.8 Å². The molecule has 4 N–H and O–H groups in total. The number of aromatic amines is 1. The number of carboxylic acid groups (broad SMARTS) is 1. The van der Waals surface area contributed by atoms with Crippen LogP contribution in [0.25, 0.3) is 11.0 Å². The van der Waals surface area contributed by atoms with Gasteiger partial charge >= 0.3 is 29.6 Å². The second-order valence-corrected chi connectivity index (χ2v) is 9.58. The molecule has 3 aromatic rings. The number of hydrogen-bond acceptors (Lipinski definition) is 9. The van der Waals surface area contributed by atoms with Crippen LogP contribution in [0.5, 0.6) is 0 Å². The van der Waals surface area contributed by atoms with Crippen molar-refractivity contribution < 1.29 is 49.0 Å². The Balaban J connectivity index is 0.00000274. The van der Waals surface area contributed by atoms with Crippen molar-refractivity contribution in [3.05, 3.63) is 58.8 Å². The molecule has 10 nitrogen and oxygen atoms in total. The summed E-state index contributed by atoms with van der Waals surface area (Å²) in [5, 5.41) is 15.1. The maximum absolute atomic E-state index is 12.8. The molecule has 168 valence electrons. The van der Waals surface area contributed by atoms with Gasteiger partial charge in [0, 0.05) is 16.9 Å². The van der Waals surface area contributed by atoms with Gasteiger partial charge in [0.25, 0.3) is 5.91 Å². The van der Waals surface area contributed by atoms with Crippen molar-refractivity contribution in [3.8, 4) is 0 Å². The first kappa shape index (κ1) is 24.6. The average Bonchev–Trinajstić information content (AvgIpc) is 3.27. The van der Waals surface area contributed by atoms with Gasteiger partial charge in [-0.3, -0.25) is 14.5 Å². The Bertz CT molecular complexity index is 1320. The van der Waals surface area contributed by atoms with Crippen LogP contribution in [0.2, 0.25) is 0 Å². The predicted octanol–water partition coefficient (Wildman–Crippen LogP) is -2.76. The van der Waals surface area contributed by atoms with Crippen LogP contribution in [0.4, 0.5) is 5.82 Å². The molecule has 0 saturated carbocycles. The van der Waals surface area contributed by atoms with Crippen LogP contribution in [0.3, 0.4) is 0 Å². The number of β-lactam (4-membered cyclic amide) rings is 1. The molecular formula is C21H17N6NaO4S2. The molecular weight excluding hydrogens is 487 g/mol. The van der Waals surface area contributed by atoms with Crippen LogP contribution in [0, 0.1) is 0 Å². The summed E-state index contributed by atoms with van der Waals surface area (Å²) >= 11 is 2.38. The van der Waals surface area contributed by atoms with Crippen molar-refractivity contribution in [2.75, 3.05) is 11.5 Å². The number of anilines is 1. The zero-order valence-electron chi connectivity index (χ0n) is 18.0. The van der Waals surface area contributed by atoms with Crippen molar-refractivity contribution in [1.82, 2.24) is 25.2 Å². The van der Waals surface area contributed by atoms with Gasteiger partial charge < -0.3 is 25.9 Å². The second kappa shape index (κ2) is 10.0. The quantitative estimate of drug-likeness (QED) is 0.184. The van der Waals surface area contributed by atoms with Crippen LogP contribution >= 0.6 is 23.5 Å². The molecule has 1 fully saturated rings. The molecule has 2 amide bonds. The first-order chi connectivity index (χ1) is 15.9. The Morgan fingerprint density at radius 3 is 2.76 bits per heavy atom. The standard InChI is InChI=1S/C21H18N6O4S2.Na/c22-16-11-6-7-23-17(11)26-21(25-16)33-12-9-32-19-14(18(29)27(19)15(12)20(30)31)24-13(28)8-10-4-2-1-3-5-10;/h1-7,14,19H,8-9H2,(H,24,28)(H,30,31)(H3,22,23,25,26);/q;+1/p-1/t14?,19-;/m1./s1. The van der Waals surface area contributed by atoms with Gasteiger partial charge in [0.15, 0.2) is 5.16 Å². The number of fused-ring (bicyclic) bond motifs is 2. The van der Waals surface area contributed by atoms with Crippen LogP contribution in [0.15, 0.2) is 58.4 Å². The Hall–Kier alpha value is -2.51. The van der Waals surface area contributed by atoms with Gasteiger partial charge in [-0.2, -0.15) is 0 Å². The number of aliphatic carboxylic acids is 1. The van der Waals surface area contributed by atoms with Gasteiger partial charge in [-0.15, -0.1) is 11.8 Å². The number of carboxylic acids is 1. The van der Waals surface area contributed by atoms with E-state index in [1.807, 2.05) is 30.3 Å². The number of amides is 2. The summed E-state index contributed by atoms with van der Waals surface area (Å²) in [5.74, 6) is -1.71. The molecule has 1 aromatic carbocycles. The summed E-state index contributed by atoms with van der Waals surface area (Å²) < 4.78 is 0. The fraction of sp³-hybridized carbons (Fsp3) is 0.190. The molecule has 13 heteroatoms. The van der Waals surface area contributed by atoms with Crippen molar-refractivity contribution in [2.45, 2.75) is 23.0 Å². The topological polar surface area (TPSA) is 157 Å². The van der Waals surface area contributed by atoms with Crippen molar-refractivity contribution in [1.29, 1.82) is 0 Å². The number of benzene rings is 1. The third-order valence-corrected chi connectivity index (χ3v) is 7.70. The number of rotatable bonds is 6. The molecule has 1 unspecified atom stereocenters. The summed E-state index contributed by atoms with van der Waals surface area (Å²) in [4.78, 5) is 50.2. The molecule has 4 heterocycles. The summed E-state index contributed by atoms with van der Waals surface area (Å²) in [5.41, 5.74) is 7.09. The van der Waals surface area contributed by atoms with E-state index in [0.717, 1.165) is 22.2 Å². The normalized spacial score (nSPS) is 19.3. The van der Waals surface area contributed by atoms with Gasteiger partial charge in [0.2, 0.25) is 5.91 Å². The van der Waals surface area contributed by atoms with Gasteiger partial charge in [-0.05, 0) is 11.6 Å². The zero-order chi connectivity index (χ0) is 23.1. The minimum absolute atomic E-state index is 0. The number of aromatic nitrogens is 3. The van der Waals surface area contributed by atoms with E-state index in [2.05, 4.69) is 20.3 Å². The third-order valence-electron chi connectivity index (χ3n) is 5.29. The Morgan fingerprint density at radius 2 is 2.03 bits per heavy atom. The minimum Gasteiger partial charge on any atom is -0.543 e. The number of carbonyl (C=O) groups is 3. The van der Waals surface area contributed by atoms with E-state index < -0.39 is 23.3 Å². The average molecular weight is 505 g/mol. The second-order valence-electron chi connectivity index (χ2n) is 7.41. The Labute approximate surface area is 224 Å². The van der Waals surface area contributed by atoms with E-state index in [4.69, 9.17) is 5.73 Å².